The topological polar surface area (TPSA) is 21.3 Å². The third-order valence-corrected chi connectivity index (χ3v) is 3.45. The molecule has 0 spiro atoms. The van der Waals surface area contributed by atoms with Gasteiger partial charge in [-0.3, -0.25) is 0 Å². The van der Waals surface area contributed by atoms with Gasteiger partial charge in [-0.25, -0.2) is 4.39 Å². The smallest absolute Gasteiger partial charge is 0.377 e. The molecular weight excluding hydrogens is 286 g/mol. The van der Waals surface area contributed by atoms with Crippen molar-refractivity contribution in [3.63, 3.8) is 0 Å². The maximum Gasteiger partial charge on any atom is 0.419 e. The van der Waals surface area contributed by atoms with Crippen LogP contribution < -0.4 is 5.32 Å². The molecule has 6 heteroatoms. The molecule has 0 bridgehead atoms. The molecule has 0 saturated carbocycles. The van der Waals surface area contributed by atoms with Gasteiger partial charge < -0.3 is 10.1 Å². The summed E-state index contributed by atoms with van der Waals surface area (Å²) in [5.74, 6) is -1.27. The van der Waals surface area contributed by atoms with Crippen molar-refractivity contribution in [2.24, 2.45) is 0 Å². The van der Waals surface area contributed by atoms with Crippen LogP contribution in [-0.2, 0) is 10.9 Å². The van der Waals surface area contributed by atoms with Crippen molar-refractivity contribution >= 4 is 0 Å². The van der Waals surface area contributed by atoms with E-state index in [1.165, 1.54) is 13.2 Å². The van der Waals surface area contributed by atoms with Crippen LogP contribution in [0.2, 0.25) is 0 Å². The van der Waals surface area contributed by atoms with Crippen molar-refractivity contribution in [2.75, 3.05) is 13.7 Å². The molecule has 1 rings (SSSR count). The summed E-state index contributed by atoms with van der Waals surface area (Å²) >= 11 is 0. The van der Waals surface area contributed by atoms with Crippen LogP contribution >= 0.6 is 0 Å². The summed E-state index contributed by atoms with van der Waals surface area (Å²) in [6.07, 6.45) is -3.89. The van der Waals surface area contributed by atoms with Gasteiger partial charge in [-0.15, -0.1) is 0 Å². The average molecular weight is 307 g/mol. The van der Waals surface area contributed by atoms with Gasteiger partial charge in [-0.05, 0) is 44.5 Å². The number of ether oxygens (including phenoxy) is 1. The largest absolute Gasteiger partial charge is 0.419 e. The van der Waals surface area contributed by atoms with E-state index in [-0.39, 0.29) is 0 Å². The second kappa shape index (κ2) is 6.75. The van der Waals surface area contributed by atoms with E-state index in [0.717, 1.165) is 18.6 Å². The molecule has 120 valence electrons. The fraction of sp³-hybridized carbons (Fsp3) is 0.600. The number of rotatable bonds is 6. The molecule has 21 heavy (non-hydrogen) atoms. The molecule has 0 aliphatic heterocycles. The zero-order chi connectivity index (χ0) is 16.3. The third-order valence-electron chi connectivity index (χ3n) is 3.45. The van der Waals surface area contributed by atoms with Gasteiger partial charge >= 0.3 is 6.18 Å². The van der Waals surface area contributed by atoms with Crippen molar-refractivity contribution in [3.05, 3.63) is 35.1 Å². The zero-order valence-electron chi connectivity index (χ0n) is 12.6. The Labute approximate surface area is 122 Å². The van der Waals surface area contributed by atoms with Crippen LogP contribution in [0.5, 0.6) is 0 Å². The van der Waals surface area contributed by atoms with E-state index >= 15 is 0 Å². The molecule has 1 N–H and O–H groups in total. The molecule has 1 atom stereocenters. The zero-order valence-corrected chi connectivity index (χ0v) is 12.6. The predicted molar refractivity (Wildman–Crippen MR) is 73.5 cm³/mol. The van der Waals surface area contributed by atoms with Gasteiger partial charge in [0, 0.05) is 7.11 Å². The number of nitrogens with one attached hydrogen (secondary N) is 1. The highest BCUT2D eigenvalue weighted by atomic mass is 19.4. The summed E-state index contributed by atoms with van der Waals surface area (Å²) in [7, 11) is 1.49. The van der Waals surface area contributed by atoms with Crippen LogP contribution in [0.3, 0.4) is 0 Å². The quantitative estimate of drug-likeness (QED) is 0.791. The first-order valence-corrected chi connectivity index (χ1v) is 6.78. The van der Waals surface area contributed by atoms with Gasteiger partial charge in [0.05, 0.1) is 17.2 Å². The maximum atomic E-state index is 13.4. The van der Waals surface area contributed by atoms with Crippen molar-refractivity contribution < 1.29 is 22.3 Å². The van der Waals surface area contributed by atoms with E-state index in [2.05, 4.69) is 5.32 Å². The van der Waals surface area contributed by atoms with E-state index in [0.29, 0.717) is 12.1 Å². The van der Waals surface area contributed by atoms with Crippen LogP contribution in [0, 0.1) is 5.82 Å². The molecule has 0 aliphatic rings. The summed E-state index contributed by atoms with van der Waals surface area (Å²) < 4.78 is 57.3. The minimum absolute atomic E-state index is 0.351. The van der Waals surface area contributed by atoms with Crippen molar-refractivity contribution in [2.45, 2.75) is 45.0 Å². The highest BCUT2D eigenvalue weighted by Gasteiger charge is 2.37. The standard InChI is InChI=1S/C15H21F4NO/c1-5-8-20-13(14(2,3)21-4)10-6-7-12(16)11(9-10)15(17,18)19/h6-7,9,13,20H,5,8H2,1-4H3. The molecule has 1 aromatic carbocycles. The molecule has 0 fully saturated rings. The molecule has 1 aromatic rings. The lowest BCUT2D eigenvalue weighted by molar-refractivity contribution is -0.140. The lowest BCUT2D eigenvalue weighted by Gasteiger charge is -2.34. The Morgan fingerprint density at radius 2 is 1.86 bits per heavy atom. The summed E-state index contributed by atoms with van der Waals surface area (Å²) in [6, 6.07) is 2.59. The molecular formula is C15H21F4NO. The SMILES string of the molecule is CCCNC(c1ccc(F)c(C(F)(F)F)c1)C(C)(C)OC. The minimum Gasteiger partial charge on any atom is -0.377 e. The average Bonchev–Trinajstić information content (AvgIpc) is 2.39. The van der Waals surface area contributed by atoms with E-state index in [1.54, 1.807) is 13.8 Å². The number of halogens is 4. The third kappa shape index (κ3) is 4.41. The van der Waals surface area contributed by atoms with Gasteiger partial charge in [0.2, 0.25) is 0 Å². The Morgan fingerprint density at radius 1 is 1.24 bits per heavy atom. The number of hydrogen-bond acceptors (Lipinski definition) is 2. The molecule has 0 heterocycles. The predicted octanol–water partition coefficient (Wildman–Crippen LogP) is 4.31. The second-order valence-electron chi connectivity index (χ2n) is 5.43. The molecule has 0 aromatic heterocycles. The molecule has 0 amide bonds. The summed E-state index contributed by atoms with van der Waals surface area (Å²) in [5, 5.41) is 3.16. The van der Waals surface area contributed by atoms with Gasteiger partial charge in [0.15, 0.2) is 0 Å². The first kappa shape index (κ1) is 17.9. The number of hydrogen-bond donors (Lipinski definition) is 1. The monoisotopic (exact) mass is 307 g/mol. The first-order valence-electron chi connectivity index (χ1n) is 6.78. The van der Waals surface area contributed by atoms with Crippen molar-refractivity contribution in [3.8, 4) is 0 Å². The van der Waals surface area contributed by atoms with Crippen molar-refractivity contribution in [1.29, 1.82) is 0 Å². The normalized spacial score (nSPS) is 14.3. The lowest BCUT2D eigenvalue weighted by Crippen LogP contribution is -2.41. The van der Waals surface area contributed by atoms with Gasteiger partial charge in [0.1, 0.15) is 5.82 Å². The van der Waals surface area contributed by atoms with Gasteiger partial charge in [-0.1, -0.05) is 13.0 Å². The van der Waals surface area contributed by atoms with Gasteiger partial charge in [0.25, 0.3) is 0 Å². The first-order chi connectivity index (χ1) is 9.63. The molecule has 1 unspecified atom stereocenters. The van der Waals surface area contributed by atoms with Crippen LogP contribution in [0.25, 0.3) is 0 Å². The van der Waals surface area contributed by atoms with Crippen LogP contribution in [0.1, 0.15) is 44.4 Å². The Bertz CT molecular complexity index is 471. The van der Waals surface area contributed by atoms with E-state index in [1.807, 2.05) is 6.92 Å². The lowest BCUT2D eigenvalue weighted by atomic mass is 9.90. The van der Waals surface area contributed by atoms with Crippen LogP contribution in [0.15, 0.2) is 18.2 Å². The summed E-state index contributed by atoms with van der Waals surface area (Å²) in [5.41, 5.74) is -1.63. The molecule has 0 saturated heterocycles. The Balaban J connectivity index is 3.25. The van der Waals surface area contributed by atoms with E-state index < -0.39 is 29.2 Å². The molecule has 2 nitrogen and oxygen atoms in total. The Morgan fingerprint density at radius 3 is 2.33 bits per heavy atom. The van der Waals surface area contributed by atoms with Crippen molar-refractivity contribution in [1.82, 2.24) is 5.32 Å². The Hall–Kier alpha value is -1.14. The second-order valence-corrected chi connectivity index (χ2v) is 5.43. The van der Waals surface area contributed by atoms with Gasteiger partial charge in [-0.2, -0.15) is 13.2 Å². The number of alkyl halides is 3. The van der Waals surface area contributed by atoms with Crippen LogP contribution in [0.4, 0.5) is 17.6 Å². The summed E-state index contributed by atoms with van der Waals surface area (Å²) in [4.78, 5) is 0. The minimum atomic E-state index is -4.72. The fourth-order valence-electron chi connectivity index (χ4n) is 2.11. The Kier molecular flexibility index (Phi) is 5.75. The highest BCUT2D eigenvalue weighted by molar-refractivity contribution is 5.31. The maximum absolute atomic E-state index is 13.4. The number of benzene rings is 1. The highest BCUT2D eigenvalue weighted by Crippen LogP contribution is 2.35. The van der Waals surface area contributed by atoms with Crippen LogP contribution in [-0.4, -0.2) is 19.3 Å². The molecule has 0 aliphatic carbocycles. The fourth-order valence-corrected chi connectivity index (χ4v) is 2.11. The van der Waals surface area contributed by atoms with E-state index in [9.17, 15) is 17.6 Å². The van der Waals surface area contributed by atoms with E-state index in [4.69, 9.17) is 4.74 Å². The molecule has 0 radical (unpaired) electrons. The number of methoxy groups -OCH3 is 1. The summed E-state index contributed by atoms with van der Waals surface area (Å²) in [6.45, 7) is 6.12.